The van der Waals surface area contributed by atoms with Crippen LogP contribution in [0.25, 0.3) is 0 Å². The Kier molecular flexibility index (Phi) is 6.18. The molecule has 0 amide bonds. The zero-order valence-corrected chi connectivity index (χ0v) is 15.4. The summed E-state index contributed by atoms with van der Waals surface area (Å²) in [6.45, 7) is 1.92. The lowest BCUT2D eigenvalue weighted by atomic mass is 10.0. The first-order valence-corrected chi connectivity index (χ1v) is 9.47. The number of aliphatic imine (C=N–C) groups is 1. The van der Waals surface area contributed by atoms with Gasteiger partial charge in [0.05, 0.1) is 5.71 Å². The Bertz CT molecular complexity index is 868. The van der Waals surface area contributed by atoms with Crippen LogP contribution in [0.3, 0.4) is 0 Å². The Labute approximate surface area is 157 Å². The average molecular weight is 365 g/mol. The molecule has 26 heavy (non-hydrogen) atoms. The van der Waals surface area contributed by atoms with Gasteiger partial charge in [-0.25, -0.2) is 4.39 Å². The zero-order chi connectivity index (χ0) is 18.4. The van der Waals surface area contributed by atoms with Crippen LogP contribution in [-0.4, -0.2) is 12.0 Å². The third-order valence-electron chi connectivity index (χ3n) is 4.19. The van der Waals surface area contributed by atoms with Gasteiger partial charge in [-0.1, -0.05) is 42.1 Å². The number of nitrogens with zero attached hydrogens (tertiary/aromatic N) is 1. The van der Waals surface area contributed by atoms with Crippen LogP contribution >= 0.6 is 11.8 Å². The lowest BCUT2D eigenvalue weighted by molar-refractivity contribution is -0.110. The van der Waals surface area contributed by atoms with Crippen molar-refractivity contribution in [2.45, 2.75) is 24.7 Å². The molecule has 0 aliphatic carbocycles. The van der Waals surface area contributed by atoms with Crippen LogP contribution in [0, 0.1) is 11.7 Å². The number of fused-ring (bicyclic) bond motifs is 1. The molecule has 0 radical (unpaired) electrons. The molecule has 2 aromatic rings. The highest BCUT2D eigenvalue weighted by molar-refractivity contribution is 8.02. The fourth-order valence-electron chi connectivity index (χ4n) is 2.84. The fraction of sp³-hybridized carbons (Fsp3) is 0.182. The Morgan fingerprint density at radius 2 is 1.92 bits per heavy atom. The molecule has 0 aromatic heterocycles. The molecule has 1 heterocycles. The van der Waals surface area contributed by atoms with E-state index in [4.69, 9.17) is 4.99 Å². The third-order valence-corrected chi connectivity index (χ3v) is 5.19. The first-order valence-electron chi connectivity index (χ1n) is 8.59. The number of hydrogen-bond donors (Lipinski definition) is 0. The van der Waals surface area contributed by atoms with Gasteiger partial charge in [-0.2, -0.15) is 0 Å². The Morgan fingerprint density at radius 3 is 2.65 bits per heavy atom. The standard InChI is InChI=1S/C22H20FNOS/c1-2-5-16(14-25)8-13-19-15-26-21-7-4-3-6-20(21)22(24-19)17-9-11-18(23)12-10-17/h2-7,9-12,14-16H,8,13H2,1H3/b5-2-. The quantitative estimate of drug-likeness (QED) is 0.479. The monoisotopic (exact) mass is 365 g/mol. The maximum absolute atomic E-state index is 13.3. The molecule has 1 atom stereocenters. The van der Waals surface area contributed by atoms with Gasteiger partial charge in [0.2, 0.25) is 0 Å². The lowest BCUT2D eigenvalue weighted by Crippen LogP contribution is -2.05. The van der Waals surface area contributed by atoms with Crippen molar-refractivity contribution in [1.29, 1.82) is 0 Å². The Hall–Kier alpha value is -2.46. The predicted molar refractivity (Wildman–Crippen MR) is 106 cm³/mol. The maximum atomic E-state index is 13.3. The minimum atomic E-state index is -0.262. The van der Waals surface area contributed by atoms with Crippen LogP contribution in [0.15, 0.2) is 81.7 Å². The number of carbonyl (C=O) groups excluding carboxylic acids is 1. The smallest absolute Gasteiger partial charge is 0.126 e. The van der Waals surface area contributed by atoms with Gasteiger partial charge in [0.15, 0.2) is 0 Å². The molecule has 0 bridgehead atoms. The van der Waals surface area contributed by atoms with Gasteiger partial charge in [0.25, 0.3) is 0 Å². The van der Waals surface area contributed by atoms with Gasteiger partial charge >= 0.3 is 0 Å². The highest BCUT2D eigenvalue weighted by Gasteiger charge is 2.16. The summed E-state index contributed by atoms with van der Waals surface area (Å²) in [7, 11) is 0. The first-order chi connectivity index (χ1) is 12.7. The largest absolute Gasteiger partial charge is 0.303 e. The summed E-state index contributed by atoms with van der Waals surface area (Å²) >= 11 is 1.63. The zero-order valence-electron chi connectivity index (χ0n) is 14.6. The summed E-state index contributed by atoms with van der Waals surface area (Å²) in [6, 6.07) is 14.5. The summed E-state index contributed by atoms with van der Waals surface area (Å²) in [6.07, 6.45) is 6.22. The van der Waals surface area contributed by atoms with Crippen LogP contribution in [0.5, 0.6) is 0 Å². The van der Waals surface area contributed by atoms with Gasteiger partial charge in [-0.05, 0) is 55.5 Å². The third kappa shape index (κ3) is 4.38. The molecular formula is C22H20FNOS. The second kappa shape index (κ2) is 8.77. The molecule has 2 nitrogen and oxygen atoms in total. The van der Waals surface area contributed by atoms with Crippen molar-refractivity contribution in [2.24, 2.45) is 10.9 Å². The molecule has 2 aromatic carbocycles. The molecule has 0 N–H and O–H groups in total. The molecule has 1 aliphatic rings. The van der Waals surface area contributed by atoms with Crippen molar-refractivity contribution in [2.75, 3.05) is 0 Å². The summed E-state index contributed by atoms with van der Waals surface area (Å²) < 4.78 is 13.3. The molecule has 1 aliphatic heterocycles. The summed E-state index contributed by atoms with van der Waals surface area (Å²) in [5.74, 6) is -0.359. The number of thioether (sulfide) groups is 1. The van der Waals surface area contributed by atoms with E-state index in [1.165, 1.54) is 12.1 Å². The molecule has 4 heteroatoms. The number of aldehydes is 1. The average Bonchev–Trinajstić information content (AvgIpc) is 2.86. The minimum absolute atomic E-state index is 0.0963. The van der Waals surface area contributed by atoms with Gasteiger partial charge in [-0.3, -0.25) is 4.99 Å². The molecular weight excluding hydrogens is 345 g/mol. The minimum Gasteiger partial charge on any atom is -0.303 e. The fourth-order valence-corrected chi connectivity index (χ4v) is 3.72. The second-order valence-corrected chi connectivity index (χ2v) is 6.97. The normalized spacial score (nSPS) is 15.0. The van der Waals surface area contributed by atoms with Crippen molar-refractivity contribution < 1.29 is 9.18 Å². The summed E-state index contributed by atoms with van der Waals surface area (Å²) in [4.78, 5) is 17.2. The molecule has 132 valence electrons. The van der Waals surface area contributed by atoms with E-state index in [2.05, 4.69) is 6.07 Å². The number of allylic oxidation sites excluding steroid dienone is 3. The van der Waals surface area contributed by atoms with E-state index >= 15 is 0 Å². The lowest BCUT2D eigenvalue weighted by Gasteiger charge is -2.10. The first kappa shape index (κ1) is 18.3. The van der Waals surface area contributed by atoms with E-state index in [0.717, 1.165) is 40.1 Å². The summed E-state index contributed by atoms with van der Waals surface area (Å²) in [5.41, 5.74) is 3.69. The van der Waals surface area contributed by atoms with Crippen molar-refractivity contribution in [3.63, 3.8) is 0 Å². The predicted octanol–water partition coefficient (Wildman–Crippen LogP) is 5.78. The van der Waals surface area contributed by atoms with Crippen molar-refractivity contribution in [3.05, 3.63) is 88.7 Å². The van der Waals surface area contributed by atoms with E-state index in [1.807, 2.05) is 42.7 Å². The van der Waals surface area contributed by atoms with Crippen molar-refractivity contribution in [1.82, 2.24) is 0 Å². The molecule has 0 saturated heterocycles. The number of halogens is 1. The van der Waals surface area contributed by atoms with Crippen molar-refractivity contribution in [3.8, 4) is 0 Å². The molecule has 3 rings (SSSR count). The highest BCUT2D eigenvalue weighted by atomic mass is 32.2. The Balaban J connectivity index is 1.94. The van der Waals surface area contributed by atoms with E-state index < -0.39 is 0 Å². The molecule has 1 unspecified atom stereocenters. The van der Waals surface area contributed by atoms with E-state index in [0.29, 0.717) is 6.42 Å². The van der Waals surface area contributed by atoms with Crippen LogP contribution in [0.4, 0.5) is 4.39 Å². The van der Waals surface area contributed by atoms with E-state index in [9.17, 15) is 9.18 Å². The number of hydrogen-bond acceptors (Lipinski definition) is 3. The number of benzene rings is 2. The Morgan fingerprint density at radius 1 is 1.15 bits per heavy atom. The van der Waals surface area contributed by atoms with Crippen LogP contribution in [0.1, 0.15) is 30.9 Å². The number of rotatable bonds is 6. The van der Waals surface area contributed by atoms with E-state index in [1.54, 1.807) is 23.9 Å². The maximum Gasteiger partial charge on any atom is 0.126 e. The van der Waals surface area contributed by atoms with Gasteiger partial charge in [0.1, 0.15) is 12.1 Å². The van der Waals surface area contributed by atoms with Crippen molar-refractivity contribution >= 4 is 23.8 Å². The molecule has 0 saturated carbocycles. The van der Waals surface area contributed by atoms with Crippen LogP contribution in [-0.2, 0) is 4.79 Å². The van der Waals surface area contributed by atoms with Crippen LogP contribution in [0.2, 0.25) is 0 Å². The number of carbonyl (C=O) groups is 1. The SMILES string of the molecule is C/C=C\C(C=O)CCC1=CSc2ccccc2C(c2ccc(F)cc2)=N1. The van der Waals surface area contributed by atoms with Gasteiger partial charge in [-0.15, -0.1) is 0 Å². The second-order valence-electron chi connectivity index (χ2n) is 6.05. The van der Waals surface area contributed by atoms with Gasteiger partial charge in [0, 0.05) is 27.6 Å². The topological polar surface area (TPSA) is 29.4 Å². The molecule has 0 fully saturated rings. The van der Waals surface area contributed by atoms with Crippen LogP contribution < -0.4 is 0 Å². The van der Waals surface area contributed by atoms with Gasteiger partial charge < -0.3 is 4.79 Å². The van der Waals surface area contributed by atoms with E-state index in [-0.39, 0.29) is 11.7 Å². The summed E-state index contributed by atoms with van der Waals surface area (Å²) in [5, 5.41) is 2.05. The highest BCUT2D eigenvalue weighted by Crippen LogP contribution is 2.32. The molecule has 0 spiro atoms.